The summed E-state index contributed by atoms with van der Waals surface area (Å²) in [5.41, 5.74) is 0.732. The van der Waals surface area contributed by atoms with Crippen LogP contribution in [-0.2, 0) is 9.59 Å². The van der Waals surface area contributed by atoms with Gasteiger partial charge in [-0.05, 0) is 42.4 Å². The molecule has 3 rings (SSSR count). The molecular formula is C17H21NO4. The Hall–Kier alpha value is -2.04. The van der Waals surface area contributed by atoms with Gasteiger partial charge in [-0.3, -0.25) is 4.79 Å². The minimum Gasteiger partial charge on any atom is -0.497 e. The number of carboxylic acids is 1. The number of rotatable bonds is 5. The molecular weight excluding hydrogens is 282 g/mol. The Morgan fingerprint density at radius 2 is 1.91 bits per heavy atom. The van der Waals surface area contributed by atoms with Gasteiger partial charge in [-0.15, -0.1) is 0 Å². The number of nitrogens with one attached hydrogen (secondary N) is 1. The third-order valence-corrected chi connectivity index (χ3v) is 5.09. The molecule has 0 saturated heterocycles. The van der Waals surface area contributed by atoms with E-state index in [0.717, 1.165) is 19.3 Å². The normalized spacial score (nSPS) is 23.0. The summed E-state index contributed by atoms with van der Waals surface area (Å²) in [6, 6.07) is 5.75. The molecule has 0 aliphatic heterocycles. The zero-order chi connectivity index (χ0) is 15.7. The average Bonchev–Trinajstić information content (AvgIpc) is 3.02. The molecule has 2 aliphatic rings. The predicted octanol–water partition coefficient (Wildman–Crippen LogP) is 2.52. The summed E-state index contributed by atoms with van der Waals surface area (Å²) in [6.45, 7) is 0. The number of amides is 1. The molecule has 1 spiro atoms. The molecule has 2 fully saturated rings. The topological polar surface area (TPSA) is 75.6 Å². The molecule has 0 radical (unpaired) electrons. The second-order valence-electron chi connectivity index (χ2n) is 6.38. The van der Waals surface area contributed by atoms with Gasteiger partial charge in [0.1, 0.15) is 5.75 Å². The maximum absolute atomic E-state index is 12.4. The lowest BCUT2D eigenvalue weighted by molar-refractivity contribution is -0.142. The largest absolute Gasteiger partial charge is 0.497 e. The lowest BCUT2D eigenvalue weighted by Gasteiger charge is -2.16. The molecule has 5 nitrogen and oxygen atoms in total. The fraction of sp³-hybridized carbons (Fsp3) is 0.529. The first-order valence-electron chi connectivity index (χ1n) is 7.73. The van der Waals surface area contributed by atoms with E-state index < -0.39 is 12.0 Å². The first-order chi connectivity index (χ1) is 10.6. The molecule has 2 aliphatic carbocycles. The van der Waals surface area contributed by atoms with E-state index >= 15 is 0 Å². The van der Waals surface area contributed by atoms with Crippen LogP contribution < -0.4 is 10.1 Å². The van der Waals surface area contributed by atoms with Gasteiger partial charge in [-0.1, -0.05) is 25.0 Å². The van der Waals surface area contributed by atoms with Crippen molar-refractivity contribution in [1.82, 2.24) is 5.32 Å². The van der Waals surface area contributed by atoms with Crippen molar-refractivity contribution in [3.8, 4) is 5.75 Å². The molecule has 1 amide bonds. The van der Waals surface area contributed by atoms with Crippen LogP contribution in [0.5, 0.6) is 5.75 Å². The van der Waals surface area contributed by atoms with E-state index in [2.05, 4.69) is 5.32 Å². The fourth-order valence-corrected chi connectivity index (χ4v) is 3.68. The van der Waals surface area contributed by atoms with Gasteiger partial charge in [-0.2, -0.15) is 0 Å². The summed E-state index contributed by atoms with van der Waals surface area (Å²) in [6.07, 6.45) is 5.49. The number of carbonyl (C=O) groups is 2. The van der Waals surface area contributed by atoms with Crippen LogP contribution >= 0.6 is 0 Å². The third kappa shape index (κ3) is 2.67. The lowest BCUT2D eigenvalue weighted by atomic mass is 10.0. The minimum atomic E-state index is -1.04. The molecule has 0 aromatic heterocycles. The molecule has 0 bridgehead atoms. The van der Waals surface area contributed by atoms with Crippen molar-refractivity contribution < 1.29 is 19.4 Å². The molecule has 2 atom stereocenters. The average molecular weight is 303 g/mol. The Bertz CT molecular complexity index is 575. The molecule has 1 aromatic carbocycles. The van der Waals surface area contributed by atoms with Crippen LogP contribution in [0.4, 0.5) is 0 Å². The highest BCUT2D eigenvalue weighted by atomic mass is 16.5. The van der Waals surface area contributed by atoms with Crippen LogP contribution in [0.25, 0.3) is 0 Å². The summed E-state index contributed by atoms with van der Waals surface area (Å²) in [5, 5.41) is 12.1. The van der Waals surface area contributed by atoms with Gasteiger partial charge >= 0.3 is 5.97 Å². The van der Waals surface area contributed by atoms with Gasteiger partial charge in [0.2, 0.25) is 5.91 Å². The predicted molar refractivity (Wildman–Crippen MR) is 80.5 cm³/mol. The first kappa shape index (κ1) is 14.9. The van der Waals surface area contributed by atoms with Crippen LogP contribution in [-0.4, -0.2) is 24.1 Å². The van der Waals surface area contributed by atoms with Crippen LogP contribution in [0.1, 0.15) is 43.7 Å². The molecule has 2 unspecified atom stereocenters. The number of carbonyl (C=O) groups excluding carboxylic acids is 1. The third-order valence-electron chi connectivity index (χ3n) is 5.09. The summed E-state index contributed by atoms with van der Waals surface area (Å²) in [7, 11) is 1.56. The van der Waals surface area contributed by atoms with Gasteiger partial charge in [0.15, 0.2) is 6.04 Å². The van der Waals surface area contributed by atoms with Gasteiger partial charge in [0, 0.05) is 5.92 Å². The minimum absolute atomic E-state index is 0.00454. The Kier molecular flexibility index (Phi) is 3.81. The molecule has 0 heterocycles. The number of benzene rings is 1. The second kappa shape index (κ2) is 5.63. The zero-order valence-corrected chi connectivity index (χ0v) is 12.7. The first-order valence-corrected chi connectivity index (χ1v) is 7.73. The van der Waals surface area contributed by atoms with Crippen molar-refractivity contribution in [3.05, 3.63) is 29.8 Å². The number of aliphatic carboxylic acids is 1. The number of methoxy groups -OCH3 is 1. The van der Waals surface area contributed by atoms with E-state index in [0.29, 0.717) is 11.3 Å². The molecule has 1 aromatic rings. The van der Waals surface area contributed by atoms with Gasteiger partial charge in [-0.25, -0.2) is 4.79 Å². The van der Waals surface area contributed by atoms with Crippen molar-refractivity contribution in [1.29, 1.82) is 0 Å². The maximum atomic E-state index is 12.4. The van der Waals surface area contributed by atoms with Crippen LogP contribution in [0.3, 0.4) is 0 Å². The maximum Gasteiger partial charge on any atom is 0.330 e. The van der Waals surface area contributed by atoms with Crippen molar-refractivity contribution in [2.24, 2.45) is 11.3 Å². The van der Waals surface area contributed by atoms with E-state index in [9.17, 15) is 14.7 Å². The molecule has 118 valence electrons. The molecule has 22 heavy (non-hydrogen) atoms. The standard InChI is InChI=1S/C17H21NO4/c1-22-12-6-4-11(5-7-12)14(16(20)21)18-15(19)13-10-17(13)8-2-3-9-17/h4-7,13-14H,2-3,8-10H2,1H3,(H,18,19)(H,20,21). The summed E-state index contributed by atoms with van der Waals surface area (Å²) < 4.78 is 5.07. The summed E-state index contributed by atoms with van der Waals surface area (Å²) in [5.74, 6) is -0.508. The smallest absolute Gasteiger partial charge is 0.330 e. The highest BCUT2D eigenvalue weighted by Gasteiger charge is 2.58. The second-order valence-corrected chi connectivity index (χ2v) is 6.38. The lowest BCUT2D eigenvalue weighted by Crippen LogP contribution is -2.35. The van der Waals surface area contributed by atoms with Crippen molar-refractivity contribution in [2.75, 3.05) is 7.11 Å². The van der Waals surface area contributed by atoms with Crippen LogP contribution in [0.2, 0.25) is 0 Å². The number of ether oxygens (including phenoxy) is 1. The number of hydrogen-bond donors (Lipinski definition) is 2. The van der Waals surface area contributed by atoms with Crippen LogP contribution in [0, 0.1) is 11.3 Å². The van der Waals surface area contributed by atoms with E-state index in [1.165, 1.54) is 12.8 Å². The number of hydrogen-bond acceptors (Lipinski definition) is 3. The van der Waals surface area contributed by atoms with E-state index in [1.54, 1.807) is 31.4 Å². The summed E-state index contributed by atoms with van der Waals surface area (Å²) >= 11 is 0. The van der Waals surface area contributed by atoms with Gasteiger partial charge in [0.25, 0.3) is 0 Å². The Labute approximate surface area is 129 Å². The van der Waals surface area contributed by atoms with E-state index in [1.807, 2.05) is 0 Å². The van der Waals surface area contributed by atoms with E-state index in [4.69, 9.17) is 4.74 Å². The molecule has 2 N–H and O–H groups in total. The Balaban J connectivity index is 1.69. The Morgan fingerprint density at radius 1 is 1.27 bits per heavy atom. The SMILES string of the molecule is COc1ccc(C(NC(=O)C2CC23CCCC3)C(=O)O)cc1. The summed E-state index contributed by atoms with van der Waals surface area (Å²) in [4.78, 5) is 23.9. The fourth-order valence-electron chi connectivity index (χ4n) is 3.68. The molecule has 5 heteroatoms. The monoisotopic (exact) mass is 303 g/mol. The van der Waals surface area contributed by atoms with Crippen molar-refractivity contribution in [3.63, 3.8) is 0 Å². The van der Waals surface area contributed by atoms with E-state index in [-0.39, 0.29) is 17.2 Å². The zero-order valence-electron chi connectivity index (χ0n) is 12.7. The highest BCUT2D eigenvalue weighted by molar-refractivity contribution is 5.88. The quantitative estimate of drug-likeness (QED) is 0.876. The van der Waals surface area contributed by atoms with Gasteiger partial charge < -0.3 is 15.2 Å². The Morgan fingerprint density at radius 3 is 2.45 bits per heavy atom. The van der Waals surface area contributed by atoms with Crippen molar-refractivity contribution >= 4 is 11.9 Å². The van der Waals surface area contributed by atoms with Crippen molar-refractivity contribution in [2.45, 2.75) is 38.1 Å². The number of carboxylic acid groups (broad SMARTS) is 1. The highest BCUT2D eigenvalue weighted by Crippen LogP contribution is 2.62. The molecule has 2 saturated carbocycles. The van der Waals surface area contributed by atoms with Gasteiger partial charge in [0.05, 0.1) is 7.11 Å². The van der Waals surface area contributed by atoms with Crippen LogP contribution in [0.15, 0.2) is 24.3 Å².